The van der Waals surface area contributed by atoms with Gasteiger partial charge in [-0.25, -0.2) is 0 Å². The minimum atomic E-state index is 0.621. The third-order valence-corrected chi connectivity index (χ3v) is 2.34. The maximum absolute atomic E-state index is 3.73. The molecule has 0 aromatic heterocycles. The van der Waals surface area contributed by atoms with Crippen LogP contribution in [0.4, 0.5) is 0 Å². The van der Waals surface area contributed by atoms with Gasteiger partial charge in [0.1, 0.15) is 0 Å². The molecule has 0 radical (unpaired) electrons. The Kier molecular flexibility index (Phi) is 6.30. The first-order valence-electron chi connectivity index (χ1n) is 5.02. The van der Waals surface area contributed by atoms with Crippen LogP contribution in [0.3, 0.4) is 0 Å². The lowest BCUT2D eigenvalue weighted by atomic mass is 9.93. The SMILES string of the molecule is C=CCC(C)=CC(C)C(C)C=CC. The fourth-order valence-electron chi connectivity index (χ4n) is 1.38. The van der Waals surface area contributed by atoms with E-state index < -0.39 is 0 Å². The molecule has 0 nitrogen and oxygen atoms in total. The standard InChI is InChI=1S/C13H22/c1-6-8-11(3)10-13(5)12(4)9-7-2/h6-7,9-10,12-13H,1,8H2,2-5H3. The molecule has 0 bridgehead atoms. The maximum atomic E-state index is 3.73. The molecule has 2 atom stereocenters. The van der Waals surface area contributed by atoms with Crippen LogP contribution in [0.15, 0.2) is 36.5 Å². The number of rotatable bonds is 5. The first kappa shape index (κ1) is 12.2. The van der Waals surface area contributed by atoms with Crippen molar-refractivity contribution in [2.24, 2.45) is 11.8 Å². The van der Waals surface area contributed by atoms with Gasteiger partial charge in [0.25, 0.3) is 0 Å². The average Bonchev–Trinajstić information content (AvgIpc) is 2.05. The number of hydrogen-bond acceptors (Lipinski definition) is 0. The van der Waals surface area contributed by atoms with E-state index in [0.29, 0.717) is 11.8 Å². The minimum absolute atomic E-state index is 0.621. The molecule has 0 saturated carbocycles. The van der Waals surface area contributed by atoms with Gasteiger partial charge in [-0.05, 0) is 32.1 Å². The van der Waals surface area contributed by atoms with Crippen molar-refractivity contribution in [2.45, 2.75) is 34.1 Å². The summed E-state index contributed by atoms with van der Waals surface area (Å²) in [6, 6.07) is 0. The van der Waals surface area contributed by atoms with Gasteiger partial charge in [0.2, 0.25) is 0 Å². The van der Waals surface area contributed by atoms with Crippen molar-refractivity contribution in [1.29, 1.82) is 0 Å². The van der Waals surface area contributed by atoms with Crippen molar-refractivity contribution < 1.29 is 0 Å². The predicted molar refractivity (Wildman–Crippen MR) is 61.7 cm³/mol. The van der Waals surface area contributed by atoms with Crippen LogP contribution in [-0.4, -0.2) is 0 Å². The second-order valence-corrected chi connectivity index (χ2v) is 3.75. The fraction of sp³-hybridized carbons (Fsp3) is 0.538. The zero-order chi connectivity index (χ0) is 10.3. The molecule has 0 aliphatic rings. The third kappa shape index (κ3) is 5.46. The molecule has 0 aliphatic carbocycles. The monoisotopic (exact) mass is 178 g/mol. The van der Waals surface area contributed by atoms with Crippen molar-refractivity contribution in [3.63, 3.8) is 0 Å². The quantitative estimate of drug-likeness (QED) is 0.549. The molecule has 0 heteroatoms. The molecule has 0 fully saturated rings. The van der Waals surface area contributed by atoms with Crippen LogP contribution < -0.4 is 0 Å². The highest BCUT2D eigenvalue weighted by atomic mass is 14.1. The molecule has 74 valence electrons. The van der Waals surface area contributed by atoms with Crippen LogP contribution in [0.25, 0.3) is 0 Å². The van der Waals surface area contributed by atoms with Gasteiger partial charge in [-0.2, -0.15) is 0 Å². The summed E-state index contributed by atoms with van der Waals surface area (Å²) >= 11 is 0. The molecular weight excluding hydrogens is 156 g/mol. The van der Waals surface area contributed by atoms with E-state index in [4.69, 9.17) is 0 Å². The molecule has 0 aliphatic heterocycles. The zero-order valence-electron chi connectivity index (χ0n) is 9.38. The molecule has 0 rings (SSSR count). The van der Waals surface area contributed by atoms with E-state index in [2.05, 4.69) is 52.5 Å². The van der Waals surface area contributed by atoms with E-state index in [-0.39, 0.29) is 0 Å². The van der Waals surface area contributed by atoms with Crippen molar-refractivity contribution >= 4 is 0 Å². The molecular formula is C13H22. The van der Waals surface area contributed by atoms with Gasteiger partial charge < -0.3 is 0 Å². The Morgan fingerprint density at radius 1 is 1.31 bits per heavy atom. The van der Waals surface area contributed by atoms with Gasteiger partial charge >= 0.3 is 0 Å². The van der Waals surface area contributed by atoms with E-state index in [1.54, 1.807) is 0 Å². The normalized spacial score (nSPS) is 17.4. The summed E-state index contributed by atoms with van der Waals surface area (Å²) in [7, 11) is 0. The van der Waals surface area contributed by atoms with E-state index >= 15 is 0 Å². The van der Waals surface area contributed by atoms with Crippen LogP contribution in [0, 0.1) is 11.8 Å². The Bertz CT molecular complexity index is 196. The molecule has 13 heavy (non-hydrogen) atoms. The van der Waals surface area contributed by atoms with E-state index in [0.717, 1.165) is 6.42 Å². The Labute approximate surface area is 83.0 Å². The van der Waals surface area contributed by atoms with Gasteiger partial charge in [-0.15, -0.1) is 6.58 Å². The lowest BCUT2D eigenvalue weighted by Crippen LogP contribution is -2.02. The molecule has 0 aromatic carbocycles. The third-order valence-electron chi connectivity index (χ3n) is 2.34. The summed E-state index contributed by atoms with van der Waals surface area (Å²) in [4.78, 5) is 0. The molecule has 0 amide bonds. The Balaban J connectivity index is 4.17. The maximum Gasteiger partial charge on any atom is -0.0144 e. The number of allylic oxidation sites excluding steroid dienone is 5. The van der Waals surface area contributed by atoms with Crippen molar-refractivity contribution in [3.8, 4) is 0 Å². The Morgan fingerprint density at radius 3 is 2.38 bits per heavy atom. The van der Waals surface area contributed by atoms with Gasteiger partial charge in [-0.1, -0.05) is 43.7 Å². The zero-order valence-corrected chi connectivity index (χ0v) is 9.38. The van der Waals surface area contributed by atoms with Crippen molar-refractivity contribution in [3.05, 3.63) is 36.5 Å². The summed E-state index contributed by atoms with van der Waals surface area (Å²) in [6.07, 6.45) is 9.68. The van der Waals surface area contributed by atoms with Crippen LogP contribution in [-0.2, 0) is 0 Å². The molecule has 0 heterocycles. The van der Waals surface area contributed by atoms with Crippen molar-refractivity contribution in [1.82, 2.24) is 0 Å². The van der Waals surface area contributed by atoms with E-state index in [1.165, 1.54) is 5.57 Å². The molecule has 0 saturated heterocycles. The summed E-state index contributed by atoms with van der Waals surface area (Å²) in [5.41, 5.74) is 1.42. The van der Waals surface area contributed by atoms with Crippen molar-refractivity contribution in [2.75, 3.05) is 0 Å². The minimum Gasteiger partial charge on any atom is -0.103 e. The lowest BCUT2D eigenvalue weighted by molar-refractivity contribution is 0.554. The molecule has 0 spiro atoms. The second kappa shape index (κ2) is 6.71. The van der Waals surface area contributed by atoms with Gasteiger partial charge in [0.05, 0.1) is 0 Å². The summed E-state index contributed by atoms with van der Waals surface area (Å²) < 4.78 is 0. The first-order chi connectivity index (χ1) is 6.11. The smallest absolute Gasteiger partial charge is 0.0144 e. The largest absolute Gasteiger partial charge is 0.103 e. The van der Waals surface area contributed by atoms with Gasteiger partial charge in [0.15, 0.2) is 0 Å². The van der Waals surface area contributed by atoms with Crippen LogP contribution in [0.1, 0.15) is 34.1 Å². The second-order valence-electron chi connectivity index (χ2n) is 3.75. The van der Waals surface area contributed by atoms with Gasteiger partial charge in [0, 0.05) is 0 Å². The van der Waals surface area contributed by atoms with Crippen LogP contribution in [0.2, 0.25) is 0 Å². The predicted octanol–water partition coefficient (Wildman–Crippen LogP) is 4.36. The topological polar surface area (TPSA) is 0 Å². The lowest BCUT2D eigenvalue weighted by Gasteiger charge is -2.13. The highest BCUT2D eigenvalue weighted by Crippen LogP contribution is 2.16. The first-order valence-corrected chi connectivity index (χ1v) is 5.02. The highest BCUT2D eigenvalue weighted by molar-refractivity contribution is 5.06. The van der Waals surface area contributed by atoms with Gasteiger partial charge in [-0.3, -0.25) is 0 Å². The summed E-state index contributed by atoms with van der Waals surface area (Å²) in [5, 5.41) is 0. The highest BCUT2D eigenvalue weighted by Gasteiger charge is 2.05. The Morgan fingerprint density at radius 2 is 1.92 bits per heavy atom. The summed E-state index contributed by atoms with van der Waals surface area (Å²) in [5.74, 6) is 1.25. The fourth-order valence-corrected chi connectivity index (χ4v) is 1.38. The molecule has 0 N–H and O–H groups in total. The van der Waals surface area contributed by atoms with E-state index in [9.17, 15) is 0 Å². The average molecular weight is 178 g/mol. The van der Waals surface area contributed by atoms with Crippen LogP contribution in [0.5, 0.6) is 0 Å². The summed E-state index contributed by atoms with van der Waals surface area (Å²) in [6.45, 7) is 12.5. The number of hydrogen-bond donors (Lipinski definition) is 0. The van der Waals surface area contributed by atoms with E-state index in [1.807, 2.05) is 6.08 Å². The Hall–Kier alpha value is -0.780. The van der Waals surface area contributed by atoms with Crippen LogP contribution >= 0.6 is 0 Å². The molecule has 0 aromatic rings. The molecule has 2 unspecified atom stereocenters.